The number of hydrogen-bond acceptors (Lipinski definition) is 6. The molecule has 2 heterocycles. The van der Waals surface area contributed by atoms with E-state index in [1.54, 1.807) is 60.1 Å². The number of anilines is 2. The first-order valence-corrected chi connectivity index (χ1v) is 12.0. The first-order valence-electron chi connectivity index (χ1n) is 10.4. The Balaban J connectivity index is 1.68. The second-order valence-electron chi connectivity index (χ2n) is 7.59. The number of halogens is 1. The lowest BCUT2D eigenvalue weighted by molar-refractivity contribution is -0.118. The number of aryl methyl sites for hydroxylation is 1. The molecule has 35 heavy (non-hydrogen) atoms. The number of nitrogens with two attached hydrogens (primary N) is 1. The quantitative estimate of drug-likeness (QED) is 0.356. The summed E-state index contributed by atoms with van der Waals surface area (Å²) in [5, 5.41) is 11.9. The Morgan fingerprint density at radius 3 is 2.69 bits per heavy atom. The Hall–Kier alpha value is -4.01. The average molecular weight is 551 g/mol. The monoisotopic (exact) mass is 550 g/mol. The van der Waals surface area contributed by atoms with Crippen LogP contribution in [0.1, 0.15) is 32.0 Å². The van der Waals surface area contributed by atoms with Crippen molar-refractivity contribution in [1.29, 1.82) is 5.26 Å². The molecule has 4 rings (SSSR count). The number of rotatable bonds is 7. The van der Waals surface area contributed by atoms with E-state index in [4.69, 9.17) is 11.0 Å². The predicted molar refractivity (Wildman–Crippen MR) is 137 cm³/mol. The van der Waals surface area contributed by atoms with Gasteiger partial charge in [0.2, 0.25) is 11.9 Å². The van der Waals surface area contributed by atoms with E-state index in [1.807, 2.05) is 6.07 Å². The minimum atomic E-state index is -0.479. The number of aromatic nitrogens is 2. The van der Waals surface area contributed by atoms with Crippen molar-refractivity contribution in [2.45, 2.75) is 13.0 Å². The van der Waals surface area contributed by atoms with Gasteiger partial charge in [-0.1, -0.05) is 6.07 Å². The highest BCUT2D eigenvalue weighted by atomic mass is 79.9. The number of benzene rings is 2. The summed E-state index contributed by atoms with van der Waals surface area (Å²) >= 11 is 4.63. The minimum Gasteiger partial charge on any atom is -0.370 e. The van der Waals surface area contributed by atoms with Gasteiger partial charge >= 0.3 is 0 Å². The third kappa shape index (κ3) is 5.24. The number of amides is 3. The molecule has 0 radical (unpaired) electrons. The highest BCUT2D eigenvalue weighted by molar-refractivity contribution is 9.11. The van der Waals surface area contributed by atoms with Crippen LogP contribution in [0.15, 0.2) is 58.4 Å². The third-order valence-electron chi connectivity index (χ3n) is 5.27. The molecule has 3 amide bonds. The summed E-state index contributed by atoms with van der Waals surface area (Å²) < 4.78 is 2.53. The molecule has 3 N–H and O–H groups in total. The van der Waals surface area contributed by atoms with E-state index in [0.29, 0.717) is 32.7 Å². The van der Waals surface area contributed by atoms with E-state index in [0.717, 1.165) is 3.79 Å². The number of nitriles is 1. The predicted octanol–water partition coefficient (Wildman–Crippen LogP) is 4.14. The molecule has 0 unspecified atom stereocenters. The van der Waals surface area contributed by atoms with Crippen LogP contribution in [0.4, 0.5) is 11.6 Å². The summed E-state index contributed by atoms with van der Waals surface area (Å²) in [7, 11) is 1.63. The van der Waals surface area contributed by atoms with Crippen LogP contribution < -0.4 is 16.0 Å². The minimum absolute atomic E-state index is 0.0637. The average Bonchev–Trinajstić information content (AvgIpc) is 3.44. The number of carbonyl (C=O) groups is 3. The highest BCUT2D eigenvalue weighted by Gasteiger charge is 2.19. The first kappa shape index (κ1) is 24.1. The molecule has 2 aromatic heterocycles. The number of nitrogens with zero attached hydrogens (tertiary/aromatic N) is 4. The topological polar surface area (TPSA) is 134 Å². The van der Waals surface area contributed by atoms with Crippen LogP contribution in [0.3, 0.4) is 0 Å². The van der Waals surface area contributed by atoms with E-state index in [1.165, 1.54) is 22.3 Å². The molecule has 0 atom stereocenters. The molecule has 0 bridgehead atoms. The van der Waals surface area contributed by atoms with Gasteiger partial charge < -0.3 is 15.2 Å². The standard InChI is InChI=1S/C24H19BrN6O3S/c1-30(23(34)15-4-2-3-14(11-15)13-26)16-5-6-18-17(12-16)28-24(31(18)10-9-21(27)32)29-22(33)19-7-8-20(25)35-19/h2-8,11-12H,9-10H2,1H3,(H2,27,32)(H,28,29,33). The molecule has 0 saturated heterocycles. The van der Waals surface area contributed by atoms with Gasteiger partial charge in [-0.05, 0) is 64.5 Å². The number of nitrogens with one attached hydrogen (secondary N) is 1. The number of fused-ring (bicyclic) bond motifs is 1. The normalized spacial score (nSPS) is 10.7. The van der Waals surface area contributed by atoms with Gasteiger partial charge in [-0.25, -0.2) is 4.98 Å². The largest absolute Gasteiger partial charge is 0.370 e. The van der Waals surface area contributed by atoms with Gasteiger partial charge in [0.25, 0.3) is 11.8 Å². The Morgan fingerprint density at radius 1 is 1.20 bits per heavy atom. The molecule has 2 aromatic carbocycles. The number of thiophene rings is 1. The molecular formula is C24H19BrN6O3S. The van der Waals surface area contributed by atoms with Crippen molar-refractivity contribution in [2.75, 3.05) is 17.3 Å². The molecule has 176 valence electrons. The van der Waals surface area contributed by atoms with E-state index in [2.05, 4.69) is 26.2 Å². The second-order valence-corrected chi connectivity index (χ2v) is 10.1. The van der Waals surface area contributed by atoms with Crippen molar-refractivity contribution in [3.8, 4) is 6.07 Å². The maximum Gasteiger partial charge on any atom is 0.268 e. The molecule has 0 saturated carbocycles. The smallest absolute Gasteiger partial charge is 0.268 e. The highest BCUT2D eigenvalue weighted by Crippen LogP contribution is 2.27. The van der Waals surface area contributed by atoms with Crippen LogP contribution >= 0.6 is 27.3 Å². The van der Waals surface area contributed by atoms with E-state index < -0.39 is 5.91 Å². The van der Waals surface area contributed by atoms with Crippen LogP contribution in [0, 0.1) is 11.3 Å². The molecule has 0 aliphatic rings. The molecule has 0 spiro atoms. The molecule has 0 fully saturated rings. The van der Waals surface area contributed by atoms with Gasteiger partial charge in [0, 0.05) is 31.3 Å². The fourth-order valence-electron chi connectivity index (χ4n) is 3.50. The lowest BCUT2D eigenvalue weighted by atomic mass is 10.1. The number of imidazole rings is 1. The Bertz CT molecular complexity index is 1500. The van der Waals surface area contributed by atoms with Crippen LogP contribution in [0.2, 0.25) is 0 Å². The van der Waals surface area contributed by atoms with Gasteiger partial charge in [0.15, 0.2) is 0 Å². The maximum atomic E-state index is 13.0. The summed E-state index contributed by atoms with van der Waals surface area (Å²) in [4.78, 5) is 43.6. The summed E-state index contributed by atoms with van der Waals surface area (Å²) in [6.07, 6.45) is 0.0637. The van der Waals surface area contributed by atoms with E-state index in [-0.39, 0.29) is 30.7 Å². The van der Waals surface area contributed by atoms with Crippen LogP contribution in [0.5, 0.6) is 0 Å². The first-order chi connectivity index (χ1) is 16.8. The van der Waals surface area contributed by atoms with Crippen molar-refractivity contribution in [3.63, 3.8) is 0 Å². The Labute approximate surface area is 212 Å². The van der Waals surface area contributed by atoms with Crippen molar-refractivity contribution >= 4 is 67.7 Å². The number of carbonyl (C=O) groups excluding carboxylic acids is 3. The Morgan fingerprint density at radius 2 is 2.00 bits per heavy atom. The molecule has 4 aromatic rings. The number of primary amides is 1. The fraction of sp³-hybridized carbons (Fsp3) is 0.125. The molecule has 0 aliphatic heterocycles. The van der Waals surface area contributed by atoms with Crippen LogP contribution in [-0.2, 0) is 11.3 Å². The van der Waals surface area contributed by atoms with E-state index in [9.17, 15) is 14.4 Å². The van der Waals surface area contributed by atoms with Gasteiger partial charge in [-0.15, -0.1) is 11.3 Å². The van der Waals surface area contributed by atoms with Crippen LogP contribution in [-0.4, -0.2) is 34.3 Å². The van der Waals surface area contributed by atoms with Crippen LogP contribution in [0.25, 0.3) is 11.0 Å². The zero-order chi connectivity index (χ0) is 25.1. The van der Waals surface area contributed by atoms with Crippen molar-refractivity contribution < 1.29 is 14.4 Å². The summed E-state index contributed by atoms with van der Waals surface area (Å²) in [6, 6.07) is 17.2. The molecule has 0 aliphatic carbocycles. The summed E-state index contributed by atoms with van der Waals surface area (Å²) in [5.74, 6) is -0.830. The van der Waals surface area contributed by atoms with Gasteiger partial charge in [0.1, 0.15) is 0 Å². The van der Waals surface area contributed by atoms with Gasteiger partial charge in [0.05, 0.1) is 31.3 Å². The molecule has 11 heteroatoms. The second kappa shape index (κ2) is 10.1. The van der Waals surface area contributed by atoms with Crippen molar-refractivity contribution in [3.05, 3.63) is 74.4 Å². The maximum absolute atomic E-state index is 13.0. The fourth-order valence-corrected chi connectivity index (χ4v) is 4.78. The van der Waals surface area contributed by atoms with E-state index >= 15 is 0 Å². The Kier molecular flexibility index (Phi) is 6.95. The summed E-state index contributed by atoms with van der Waals surface area (Å²) in [6.45, 7) is 0.227. The zero-order valence-corrected chi connectivity index (χ0v) is 20.9. The lowest BCUT2D eigenvalue weighted by Gasteiger charge is -2.17. The summed E-state index contributed by atoms with van der Waals surface area (Å²) in [5.41, 5.74) is 7.89. The molecular weight excluding hydrogens is 532 g/mol. The van der Waals surface area contributed by atoms with Gasteiger partial charge in [-0.2, -0.15) is 5.26 Å². The lowest BCUT2D eigenvalue weighted by Crippen LogP contribution is -2.26. The van der Waals surface area contributed by atoms with Crippen molar-refractivity contribution in [2.24, 2.45) is 5.73 Å². The SMILES string of the molecule is CN(C(=O)c1cccc(C#N)c1)c1ccc2c(c1)nc(NC(=O)c1ccc(Br)s1)n2CCC(N)=O. The third-order valence-corrected chi connectivity index (χ3v) is 6.89. The number of hydrogen-bond donors (Lipinski definition) is 2. The molecule has 9 nitrogen and oxygen atoms in total. The van der Waals surface area contributed by atoms with Crippen molar-refractivity contribution in [1.82, 2.24) is 9.55 Å². The zero-order valence-electron chi connectivity index (χ0n) is 18.5. The van der Waals surface area contributed by atoms with Gasteiger partial charge in [-0.3, -0.25) is 19.7 Å².